The lowest BCUT2D eigenvalue weighted by atomic mass is 9.79. The molecule has 1 rings (SSSR count). The second-order valence-corrected chi connectivity index (χ2v) is 3.54. The van der Waals surface area contributed by atoms with Gasteiger partial charge in [-0.2, -0.15) is 0 Å². The Morgan fingerprint density at radius 2 is 2.00 bits per heavy atom. The molecule has 0 atom stereocenters. The van der Waals surface area contributed by atoms with Crippen molar-refractivity contribution in [1.29, 1.82) is 0 Å². The molecular weight excluding hydrogens is 158 g/mol. The number of hydrogen-bond donors (Lipinski definition) is 3. The van der Waals surface area contributed by atoms with E-state index in [0.717, 1.165) is 0 Å². The summed E-state index contributed by atoms with van der Waals surface area (Å²) in [4.78, 5) is 10.5. The topological polar surface area (TPSA) is 83.5 Å². The number of nitrogens with two attached hydrogens (primary N) is 1. The zero-order chi connectivity index (χ0) is 9.19. The van der Waals surface area contributed by atoms with E-state index in [4.69, 9.17) is 10.8 Å². The summed E-state index contributed by atoms with van der Waals surface area (Å²) in [7, 11) is 0. The number of carboxylic acid groups (broad SMARTS) is 1. The molecule has 0 heterocycles. The van der Waals surface area contributed by atoms with E-state index in [-0.39, 0.29) is 12.5 Å². The Bertz CT molecular complexity index is 173. The second kappa shape index (κ2) is 3.41. The SMILES string of the molecule is NCC1(O)CCC(C(=O)O)CC1. The Balaban J connectivity index is 2.44. The highest BCUT2D eigenvalue weighted by atomic mass is 16.4. The smallest absolute Gasteiger partial charge is 0.306 e. The highest BCUT2D eigenvalue weighted by Gasteiger charge is 2.34. The zero-order valence-electron chi connectivity index (χ0n) is 6.99. The molecule has 12 heavy (non-hydrogen) atoms. The standard InChI is InChI=1S/C8H15NO3/c9-5-8(12)3-1-6(2-4-8)7(10)11/h6,12H,1-5,9H2,(H,10,11). The maximum atomic E-state index is 10.5. The van der Waals surface area contributed by atoms with E-state index < -0.39 is 11.6 Å². The lowest BCUT2D eigenvalue weighted by molar-refractivity contribution is -0.144. The highest BCUT2D eigenvalue weighted by molar-refractivity contribution is 5.70. The van der Waals surface area contributed by atoms with E-state index in [9.17, 15) is 9.90 Å². The van der Waals surface area contributed by atoms with Crippen molar-refractivity contribution in [3.8, 4) is 0 Å². The molecule has 0 spiro atoms. The molecule has 4 nitrogen and oxygen atoms in total. The third-order valence-corrected chi connectivity index (χ3v) is 2.65. The molecule has 1 fully saturated rings. The van der Waals surface area contributed by atoms with Gasteiger partial charge in [-0.05, 0) is 25.7 Å². The lowest BCUT2D eigenvalue weighted by Gasteiger charge is -2.33. The Morgan fingerprint density at radius 1 is 1.50 bits per heavy atom. The van der Waals surface area contributed by atoms with E-state index in [0.29, 0.717) is 25.7 Å². The normalized spacial score (nSPS) is 36.3. The quantitative estimate of drug-likeness (QED) is 0.546. The van der Waals surface area contributed by atoms with Crippen LogP contribution in [0.1, 0.15) is 25.7 Å². The Kier molecular flexibility index (Phi) is 2.69. The molecule has 4 N–H and O–H groups in total. The predicted octanol–water partition coefficient (Wildman–Crippen LogP) is -0.0490. The number of carbonyl (C=O) groups is 1. The Morgan fingerprint density at radius 3 is 2.33 bits per heavy atom. The molecule has 70 valence electrons. The molecule has 1 saturated carbocycles. The first-order chi connectivity index (χ1) is 5.57. The van der Waals surface area contributed by atoms with Crippen molar-refractivity contribution in [2.45, 2.75) is 31.3 Å². The van der Waals surface area contributed by atoms with Gasteiger partial charge in [0.15, 0.2) is 0 Å². The van der Waals surface area contributed by atoms with Crippen molar-refractivity contribution < 1.29 is 15.0 Å². The average molecular weight is 173 g/mol. The van der Waals surface area contributed by atoms with Crippen LogP contribution in [-0.4, -0.2) is 28.3 Å². The molecular formula is C8H15NO3. The molecule has 0 aromatic carbocycles. The van der Waals surface area contributed by atoms with Crippen LogP contribution in [0.15, 0.2) is 0 Å². The molecule has 1 aliphatic carbocycles. The first-order valence-electron chi connectivity index (χ1n) is 4.23. The molecule has 0 radical (unpaired) electrons. The maximum Gasteiger partial charge on any atom is 0.306 e. The summed E-state index contributed by atoms with van der Waals surface area (Å²) in [5.41, 5.74) is 4.56. The van der Waals surface area contributed by atoms with Crippen LogP contribution in [0.5, 0.6) is 0 Å². The van der Waals surface area contributed by atoms with Crippen molar-refractivity contribution >= 4 is 5.97 Å². The maximum absolute atomic E-state index is 10.5. The van der Waals surface area contributed by atoms with Crippen molar-refractivity contribution in [1.82, 2.24) is 0 Å². The van der Waals surface area contributed by atoms with Crippen LogP contribution in [0.2, 0.25) is 0 Å². The summed E-state index contributed by atoms with van der Waals surface area (Å²) in [5, 5.41) is 18.3. The first kappa shape index (κ1) is 9.48. The summed E-state index contributed by atoms with van der Waals surface area (Å²) in [6.07, 6.45) is 2.12. The molecule has 0 aliphatic heterocycles. The second-order valence-electron chi connectivity index (χ2n) is 3.54. The number of rotatable bonds is 2. The fraction of sp³-hybridized carbons (Fsp3) is 0.875. The van der Waals surface area contributed by atoms with Crippen LogP contribution in [0, 0.1) is 5.92 Å². The van der Waals surface area contributed by atoms with Gasteiger partial charge in [-0.3, -0.25) is 4.79 Å². The number of aliphatic hydroxyl groups is 1. The molecule has 4 heteroatoms. The molecule has 0 unspecified atom stereocenters. The third kappa shape index (κ3) is 1.95. The first-order valence-corrected chi connectivity index (χ1v) is 4.23. The molecule has 0 amide bonds. The van der Waals surface area contributed by atoms with Crippen molar-refractivity contribution in [2.24, 2.45) is 11.7 Å². The molecule has 1 aliphatic rings. The number of aliphatic carboxylic acids is 1. The fourth-order valence-electron chi connectivity index (χ4n) is 1.61. The van der Waals surface area contributed by atoms with Gasteiger partial charge in [0.2, 0.25) is 0 Å². The summed E-state index contributed by atoms with van der Waals surface area (Å²) < 4.78 is 0. The van der Waals surface area contributed by atoms with Crippen LogP contribution >= 0.6 is 0 Å². The largest absolute Gasteiger partial charge is 0.481 e. The van der Waals surface area contributed by atoms with E-state index in [1.807, 2.05) is 0 Å². The van der Waals surface area contributed by atoms with Crippen molar-refractivity contribution in [2.75, 3.05) is 6.54 Å². The third-order valence-electron chi connectivity index (χ3n) is 2.65. The fourth-order valence-corrected chi connectivity index (χ4v) is 1.61. The Hall–Kier alpha value is -0.610. The van der Waals surface area contributed by atoms with Gasteiger partial charge in [0.1, 0.15) is 0 Å². The van der Waals surface area contributed by atoms with Gasteiger partial charge in [-0.1, -0.05) is 0 Å². The Labute approximate surface area is 71.4 Å². The van der Waals surface area contributed by atoms with Crippen molar-refractivity contribution in [3.05, 3.63) is 0 Å². The highest BCUT2D eigenvalue weighted by Crippen LogP contribution is 2.31. The summed E-state index contributed by atoms with van der Waals surface area (Å²) >= 11 is 0. The summed E-state index contributed by atoms with van der Waals surface area (Å²) in [6.45, 7) is 0.235. The minimum atomic E-state index is -0.800. The average Bonchev–Trinajstić information content (AvgIpc) is 2.05. The summed E-state index contributed by atoms with van der Waals surface area (Å²) in [6, 6.07) is 0. The van der Waals surface area contributed by atoms with Gasteiger partial charge >= 0.3 is 5.97 Å². The number of hydrogen-bond acceptors (Lipinski definition) is 3. The van der Waals surface area contributed by atoms with Crippen LogP contribution in [0.25, 0.3) is 0 Å². The predicted molar refractivity (Wildman–Crippen MR) is 43.6 cm³/mol. The molecule has 0 saturated heterocycles. The number of carboxylic acids is 1. The van der Waals surface area contributed by atoms with Crippen molar-refractivity contribution in [3.63, 3.8) is 0 Å². The molecule has 0 aromatic heterocycles. The van der Waals surface area contributed by atoms with Crippen LogP contribution in [0.3, 0.4) is 0 Å². The lowest BCUT2D eigenvalue weighted by Crippen LogP contribution is -2.42. The van der Waals surface area contributed by atoms with Crippen LogP contribution in [-0.2, 0) is 4.79 Å². The summed E-state index contributed by atoms with van der Waals surface area (Å²) in [5.74, 6) is -1.04. The van der Waals surface area contributed by atoms with Crippen LogP contribution < -0.4 is 5.73 Å². The molecule has 0 aromatic rings. The van der Waals surface area contributed by atoms with Gasteiger partial charge in [-0.15, -0.1) is 0 Å². The van der Waals surface area contributed by atoms with Gasteiger partial charge < -0.3 is 15.9 Å². The minimum absolute atomic E-state index is 0.235. The monoisotopic (exact) mass is 173 g/mol. The van der Waals surface area contributed by atoms with E-state index in [2.05, 4.69) is 0 Å². The zero-order valence-corrected chi connectivity index (χ0v) is 6.99. The van der Waals surface area contributed by atoms with Gasteiger partial charge in [-0.25, -0.2) is 0 Å². The molecule has 0 bridgehead atoms. The van der Waals surface area contributed by atoms with Gasteiger partial charge in [0.25, 0.3) is 0 Å². The van der Waals surface area contributed by atoms with E-state index in [1.165, 1.54) is 0 Å². The van der Waals surface area contributed by atoms with Crippen LogP contribution in [0.4, 0.5) is 0 Å². The minimum Gasteiger partial charge on any atom is -0.481 e. The van der Waals surface area contributed by atoms with Gasteiger partial charge in [0, 0.05) is 6.54 Å². The van der Waals surface area contributed by atoms with E-state index >= 15 is 0 Å². The van der Waals surface area contributed by atoms with Gasteiger partial charge in [0.05, 0.1) is 11.5 Å². The van der Waals surface area contributed by atoms with E-state index in [1.54, 1.807) is 0 Å².